The Balaban J connectivity index is 1.16. The van der Waals surface area contributed by atoms with E-state index in [9.17, 15) is 4.79 Å². The minimum absolute atomic E-state index is 0.0486. The highest BCUT2D eigenvalue weighted by atomic mass is 32.2. The number of carbonyl (C=O) groups excluding carboxylic acids is 1. The summed E-state index contributed by atoms with van der Waals surface area (Å²) in [7, 11) is 0. The van der Waals surface area contributed by atoms with Crippen LogP contribution in [0.3, 0.4) is 0 Å². The summed E-state index contributed by atoms with van der Waals surface area (Å²) in [6, 6.07) is 10.8. The predicted octanol–water partition coefficient (Wildman–Crippen LogP) is 3.38. The number of nitrogens with zero attached hydrogens (tertiary/aromatic N) is 5. The fourth-order valence-electron chi connectivity index (χ4n) is 4.49. The number of thioether (sulfide) groups is 1. The Morgan fingerprint density at radius 1 is 1.30 bits per heavy atom. The summed E-state index contributed by atoms with van der Waals surface area (Å²) < 4.78 is 1.97. The van der Waals surface area contributed by atoms with Crippen molar-refractivity contribution in [3.05, 3.63) is 53.8 Å². The van der Waals surface area contributed by atoms with Crippen LogP contribution in [-0.4, -0.2) is 49.9 Å². The maximum Gasteiger partial charge on any atom is 0.230 e. The molecule has 0 spiro atoms. The van der Waals surface area contributed by atoms with Gasteiger partial charge in [-0.05, 0) is 37.4 Å². The normalized spacial score (nSPS) is 25.3. The van der Waals surface area contributed by atoms with Crippen LogP contribution in [0.4, 0.5) is 5.13 Å². The summed E-state index contributed by atoms with van der Waals surface area (Å²) in [4.78, 5) is 20.6. The van der Waals surface area contributed by atoms with E-state index in [1.54, 1.807) is 18.0 Å². The van der Waals surface area contributed by atoms with E-state index in [1.165, 1.54) is 16.2 Å². The molecule has 4 unspecified atom stereocenters. The van der Waals surface area contributed by atoms with Crippen LogP contribution in [0, 0.1) is 11.8 Å². The van der Waals surface area contributed by atoms with Crippen molar-refractivity contribution >= 4 is 34.1 Å². The molecule has 30 heavy (non-hydrogen) atoms. The van der Waals surface area contributed by atoms with E-state index < -0.39 is 0 Å². The zero-order valence-corrected chi connectivity index (χ0v) is 18.2. The number of amides is 1. The van der Waals surface area contributed by atoms with Gasteiger partial charge in [0.1, 0.15) is 0 Å². The van der Waals surface area contributed by atoms with E-state index in [1.807, 2.05) is 16.1 Å². The molecule has 2 aromatic heterocycles. The van der Waals surface area contributed by atoms with Gasteiger partial charge in [-0.2, -0.15) is 0 Å². The maximum absolute atomic E-state index is 12.7. The van der Waals surface area contributed by atoms with Gasteiger partial charge in [0.15, 0.2) is 5.13 Å². The van der Waals surface area contributed by atoms with Crippen LogP contribution in [0.25, 0.3) is 0 Å². The second-order valence-electron chi connectivity index (χ2n) is 7.90. The van der Waals surface area contributed by atoms with Crippen LogP contribution in [0.5, 0.6) is 0 Å². The molecular weight excluding hydrogens is 416 g/mol. The average Bonchev–Trinajstić information content (AvgIpc) is 3.45. The molecule has 9 heteroatoms. The number of hydrogen-bond acceptors (Lipinski definition) is 7. The number of hydrogen-bond donors (Lipinski definition) is 1. The number of piperidine rings is 3. The van der Waals surface area contributed by atoms with Crippen LogP contribution in [-0.2, 0) is 17.1 Å². The molecule has 2 bridgehead atoms. The molecule has 3 aromatic rings. The van der Waals surface area contributed by atoms with E-state index >= 15 is 0 Å². The highest BCUT2D eigenvalue weighted by Crippen LogP contribution is 2.37. The van der Waals surface area contributed by atoms with Crippen molar-refractivity contribution in [2.45, 2.75) is 36.1 Å². The minimum Gasteiger partial charge on any atom is -0.302 e. The number of anilines is 1. The van der Waals surface area contributed by atoms with Crippen molar-refractivity contribution in [1.29, 1.82) is 0 Å². The Bertz CT molecular complexity index is 977. The molecule has 3 aliphatic heterocycles. The van der Waals surface area contributed by atoms with Crippen LogP contribution < -0.4 is 5.32 Å². The Kier molecular flexibility index (Phi) is 5.83. The molecule has 1 aromatic carbocycles. The zero-order valence-electron chi connectivity index (χ0n) is 16.6. The van der Waals surface area contributed by atoms with E-state index in [-0.39, 0.29) is 11.8 Å². The highest BCUT2D eigenvalue weighted by molar-refractivity contribution is 7.98. The van der Waals surface area contributed by atoms with Crippen molar-refractivity contribution in [2.75, 3.05) is 18.4 Å². The first-order valence-electron chi connectivity index (χ1n) is 10.3. The molecule has 7 nitrogen and oxygen atoms in total. The topological polar surface area (TPSA) is 75.9 Å². The molecule has 0 saturated carbocycles. The summed E-state index contributed by atoms with van der Waals surface area (Å²) >= 11 is 3.24. The standard InChI is InChI=1S/C21H24N6OS2/c28-20(23-21-22-7-9-29-21)19-13-26-8-6-15(19)10-17(26)12-27-11-16(24-25-27)14-30-18-4-2-1-3-5-18/h1-5,7,9,11,15,17,19H,6,8,10,12-14H2,(H,22,23,28). The lowest BCUT2D eigenvalue weighted by molar-refractivity contribution is -0.127. The number of thiazole rings is 1. The molecule has 4 atom stereocenters. The molecule has 3 aliphatic rings. The Hall–Kier alpha value is -2.23. The van der Waals surface area contributed by atoms with Crippen molar-refractivity contribution in [2.24, 2.45) is 11.8 Å². The van der Waals surface area contributed by atoms with Crippen molar-refractivity contribution in [1.82, 2.24) is 24.9 Å². The van der Waals surface area contributed by atoms with Crippen LogP contribution in [0.1, 0.15) is 18.5 Å². The largest absolute Gasteiger partial charge is 0.302 e. The third-order valence-corrected chi connectivity index (χ3v) is 7.73. The molecule has 5 heterocycles. The van der Waals surface area contributed by atoms with E-state index in [0.29, 0.717) is 17.1 Å². The van der Waals surface area contributed by atoms with Crippen molar-refractivity contribution in [3.8, 4) is 0 Å². The molecular formula is C21H24N6OS2. The van der Waals surface area contributed by atoms with Crippen LogP contribution >= 0.6 is 23.1 Å². The van der Waals surface area contributed by atoms with Gasteiger partial charge in [-0.25, -0.2) is 4.98 Å². The third-order valence-electron chi connectivity index (χ3n) is 5.99. The number of nitrogens with one attached hydrogen (secondary N) is 1. The number of benzene rings is 1. The molecule has 1 amide bonds. The molecule has 3 fully saturated rings. The van der Waals surface area contributed by atoms with E-state index in [0.717, 1.165) is 43.9 Å². The summed E-state index contributed by atoms with van der Waals surface area (Å²) in [6.45, 7) is 2.71. The minimum atomic E-state index is 0.0486. The quantitative estimate of drug-likeness (QED) is 0.568. The first-order valence-corrected chi connectivity index (χ1v) is 12.1. The number of aromatic nitrogens is 4. The second kappa shape index (κ2) is 8.87. The summed E-state index contributed by atoms with van der Waals surface area (Å²) in [5, 5.41) is 14.3. The van der Waals surface area contributed by atoms with Gasteiger partial charge in [0.25, 0.3) is 0 Å². The van der Waals surface area contributed by atoms with Gasteiger partial charge in [-0.15, -0.1) is 28.2 Å². The fourth-order valence-corrected chi connectivity index (χ4v) is 5.82. The van der Waals surface area contributed by atoms with Gasteiger partial charge in [0.05, 0.1) is 18.2 Å². The molecule has 6 rings (SSSR count). The molecule has 1 N–H and O–H groups in total. The first kappa shape index (κ1) is 19.7. The lowest BCUT2D eigenvalue weighted by Gasteiger charge is -2.49. The van der Waals surface area contributed by atoms with E-state index in [4.69, 9.17) is 0 Å². The van der Waals surface area contributed by atoms with Gasteiger partial charge in [-0.1, -0.05) is 23.4 Å². The van der Waals surface area contributed by atoms with Crippen molar-refractivity contribution < 1.29 is 4.79 Å². The van der Waals surface area contributed by atoms with Crippen LogP contribution in [0.15, 0.2) is 53.0 Å². The molecule has 0 aliphatic carbocycles. The smallest absolute Gasteiger partial charge is 0.230 e. The molecule has 156 valence electrons. The lowest BCUT2D eigenvalue weighted by atomic mass is 9.75. The zero-order chi connectivity index (χ0) is 20.3. The first-order chi connectivity index (χ1) is 14.7. The average molecular weight is 441 g/mol. The van der Waals surface area contributed by atoms with Gasteiger partial charge in [0, 0.05) is 41.0 Å². The summed E-state index contributed by atoms with van der Waals surface area (Å²) in [5.74, 6) is 1.41. The summed E-state index contributed by atoms with van der Waals surface area (Å²) in [6.07, 6.45) is 5.90. The number of carbonyl (C=O) groups is 1. The molecule has 0 radical (unpaired) electrons. The Morgan fingerprint density at radius 2 is 2.20 bits per heavy atom. The SMILES string of the molecule is O=C(Nc1nccs1)C1CN2CCC1CC2Cn1cc(CSc2ccccc2)nn1. The monoisotopic (exact) mass is 440 g/mol. The maximum atomic E-state index is 12.7. The lowest BCUT2D eigenvalue weighted by Crippen LogP contribution is -2.57. The van der Waals surface area contributed by atoms with Gasteiger partial charge >= 0.3 is 0 Å². The Morgan fingerprint density at radius 3 is 2.97 bits per heavy atom. The second-order valence-corrected chi connectivity index (χ2v) is 9.84. The fraction of sp³-hybridized carbons (Fsp3) is 0.429. The predicted molar refractivity (Wildman–Crippen MR) is 118 cm³/mol. The van der Waals surface area contributed by atoms with Gasteiger partial charge in [0.2, 0.25) is 5.91 Å². The molecule has 3 saturated heterocycles. The highest BCUT2D eigenvalue weighted by Gasteiger charge is 2.43. The van der Waals surface area contributed by atoms with E-state index in [2.05, 4.69) is 56.0 Å². The van der Waals surface area contributed by atoms with Crippen molar-refractivity contribution in [3.63, 3.8) is 0 Å². The van der Waals surface area contributed by atoms with Gasteiger partial charge < -0.3 is 5.32 Å². The van der Waals surface area contributed by atoms with Crippen LogP contribution in [0.2, 0.25) is 0 Å². The number of rotatable bonds is 7. The van der Waals surface area contributed by atoms with Gasteiger partial charge in [-0.3, -0.25) is 14.4 Å². The third kappa shape index (κ3) is 4.43. The Labute approximate surface area is 183 Å². The number of fused-ring (bicyclic) bond motifs is 3. The summed E-state index contributed by atoms with van der Waals surface area (Å²) in [5.41, 5.74) is 1.00.